The minimum Gasteiger partial charge on any atom is -0.346 e. The first-order valence-corrected chi connectivity index (χ1v) is 10.4. The van der Waals surface area contributed by atoms with E-state index in [1.165, 1.54) is 46.2 Å². The van der Waals surface area contributed by atoms with Crippen molar-refractivity contribution in [3.8, 4) is 0 Å². The van der Waals surface area contributed by atoms with E-state index in [9.17, 15) is 14.9 Å². The zero-order chi connectivity index (χ0) is 21.1. The van der Waals surface area contributed by atoms with Gasteiger partial charge in [0, 0.05) is 35.6 Å². The number of fused-ring (bicyclic) bond motifs is 1. The van der Waals surface area contributed by atoms with Gasteiger partial charge in [0.25, 0.3) is 11.6 Å². The molecule has 1 heterocycles. The molecule has 1 aliphatic rings. The van der Waals surface area contributed by atoms with Gasteiger partial charge in [0.05, 0.1) is 24.6 Å². The van der Waals surface area contributed by atoms with Gasteiger partial charge in [-0.2, -0.15) is 0 Å². The molecule has 1 fully saturated rings. The lowest BCUT2D eigenvalue weighted by Gasteiger charge is -2.26. The molecule has 1 aliphatic heterocycles. The van der Waals surface area contributed by atoms with Crippen LogP contribution in [0.1, 0.15) is 40.4 Å². The van der Waals surface area contributed by atoms with Gasteiger partial charge in [-0.1, -0.05) is 42.5 Å². The molecule has 0 aromatic heterocycles. The number of aryl methyl sites for hydroxylation is 1. The van der Waals surface area contributed by atoms with Gasteiger partial charge in [0.1, 0.15) is 6.04 Å². The van der Waals surface area contributed by atoms with Crippen LogP contribution in [0.2, 0.25) is 0 Å². The number of hydrogen-bond acceptors (Lipinski definition) is 3. The van der Waals surface area contributed by atoms with E-state index in [0.29, 0.717) is 17.7 Å². The topological polar surface area (TPSA) is 76.7 Å². The highest BCUT2D eigenvalue weighted by atomic mass is 16.6. The molecular formula is C24H26N3O3+. The van der Waals surface area contributed by atoms with E-state index in [4.69, 9.17) is 0 Å². The number of quaternary nitrogens is 1. The Labute approximate surface area is 175 Å². The molecule has 6 heteroatoms. The standard InChI is InChI=1S/C24H25N3O3/c1-17-15-19(11-12-22(17)27(29)30)24(28)25-16-23(26-13-4-5-14-26)21-10-6-8-18-7-2-3-9-20(18)21/h2-3,6-12,15,23H,4-5,13-14,16H2,1H3,(H,25,28)/p+1/t23-/m1/s1. The number of hydrogen-bond donors (Lipinski definition) is 2. The summed E-state index contributed by atoms with van der Waals surface area (Å²) in [5.74, 6) is -0.197. The maximum atomic E-state index is 12.8. The van der Waals surface area contributed by atoms with Gasteiger partial charge in [-0.05, 0) is 29.8 Å². The largest absolute Gasteiger partial charge is 0.346 e. The first kappa shape index (κ1) is 20.0. The number of nitro groups is 1. The van der Waals surface area contributed by atoms with Crippen LogP contribution < -0.4 is 10.2 Å². The normalized spacial score (nSPS) is 15.2. The molecule has 30 heavy (non-hydrogen) atoms. The Morgan fingerprint density at radius 3 is 2.57 bits per heavy atom. The number of likely N-dealkylation sites (tertiary alicyclic amines) is 1. The number of benzene rings is 3. The van der Waals surface area contributed by atoms with Crippen molar-refractivity contribution < 1.29 is 14.6 Å². The Hall–Kier alpha value is -3.25. The molecule has 2 N–H and O–H groups in total. The van der Waals surface area contributed by atoms with E-state index in [-0.39, 0.29) is 17.6 Å². The van der Waals surface area contributed by atoms with Gasteiger partial charge in [0.15, 0.2) is 0 Å². The van der Waals surface area contributed by atoms with Gasteiger partial charge >= 0.3 is 0 Å². The minimum absolute atomic E-state index is 0.0293. The van der Waals surface area contributed by atoms with Gasteiger partial charge in [-0.3, -0.25) is 14.9 Å². The fraction of sp³-hybridized carbons (Fsp3) is 0.292. The van der Waals surface area contributed by atoms with Gasteiger partial charge in [-0.25, -0.2) is 0 Å². The zero-order valence-corrected chi connectivity index (χ0v) is 17.1. The van der Waals surface area contributed by atoms with Gasteiger partial charge < -0.3 is 10.2 Å². The lowest BCUT2D eigenvalue weighted by molar-refractivity contribution is -0.918. The molecular weight excluding hydrogens is 378 g/mol. The first-order valence-electron chi connectivity index (χ1n) is 10.4. The third-order valence-corrected chi connectivity index (χ3v) is 6.06. The summed E-state index contributed by atoms with van der Waals surface area (Å²) in [6.07, 6.45) is 2.40. The maximum Gasteiger partial charge on any atom is 0.272 e. The lowest BCUT2D eigenvalue weighted by atomic mass is 9.97. The van der Waals surface area contributed by atoms with Crippen LogP contribution in [0.15, 0.2) is 60.7 Å². The highest BCUT2D eigenvalue weighted by Crippen LogP contribution is 2.24. The van der Waals surface area contributed by atoms with Crippen LogP contribution in [-0.4, -0.2) is 30.5 Å². The molecule has 4 rings (SSSR count). The SMILES string of the molecule is Cc1cc(C(=O)NC[C@H](c2cccc3ccccc23)[NH+]2CCCC2)ccc1[N+](=O)[O-]. The number of rotatable bonds is 6. The molecule has 1 saturated heterocycles. The molecule has 6 nitrogen and oxygen atoms in total. The van der Waals surface area contributed by atoms with Crippen LogP contribution in [0.4, 0.5) is 5.69 Å². The second-order valence-electron chi connectivity index (χ2n) is 7.95. The molecule has 0 unspecified atom stereocenters. The van der Waals surface area contributed by atoms with Crippen molar-refractivity contribution in [1.29, 1.82) is 0 Å². The second-order valence-corrected chi connectivity index (χ2v) is 7.95. The van der Waals surface area contributed by atoms with Crippen LogP contribution >= 0.6 is 0 Å². The Bertz CT molecular complexity index is 1080. The maximum absolute atomic E-state index is 12.8. The summed E-state index contributed by atoms with van der Waals surface area (Å²) >= 11 is 0. The summed E-state index contributed by atoms with van der Waals surface area (Å²) in [5.41, 5.74) is 2.22. The quantitative estimate of drug-likeness (QED) is 0.489. The average molecular weight is 404 g/mol. The fourth-order valence-corrected chi connectivity index (χ4v) is 4.50. The number of nitrogens with zero attached hydrogens (tertiary/aromatic N) is 1. The smallest absolute Gasteiger partial charge is 0.272 e. The fourth-order valence-electron chi connectivity index (χ4n) is 4.50. The Kier molecular flexibility index (Phi) is 5.77. The Morgan fingerprint density at radius 2 is 1.83 bits per heavy atom. The van der Waals surface area contributed by atoms with Crippen LogP contribution in [0.5, 0.6) is 0 Å². The molecule has 0 spiro atoms. The van der Waals surface area contributed by atoms with E-state index < -0.39 is 4.92 Å². The van der Waals surface area contributed by atoms with Crippen LogP contribution in [0.3, 0.4) is 0 Å². The van der Waals surface area contributed by atoms with E-state index in [1.807, 2.05) is 6.07 Å². The third-order valence-electron chi connectivity index (χ3n) is 6.06. The minimum atomic E-state index is -0.426. The lowest BCUT2D eigenvalue weighted by Crippen LogP contribution is -3.11. The van der Waals surface area contributed by atoms with Crippen LogP contribution in [-0.2, 0) is 0 Å². The van der Waals surface area contributed by atoms with Crippen molar-refractivity contribution in [2.45, 2.75) is 25.8 Å². The van der Waals surface area contributed by atoms with Crippen molar-refractivity contribution in [2.24, 2.45) is 0 Å². The summed E-state index contributed by atoms with van der Waals surface area (Å²) < 4.78 is 0. The third kappa shape index (κ3) is 4.04. The van der Waals surface area contributed by atoms with Gasteiger partial charge in [-0.15, -0.1) is 0 Å². The highest BCUT2D eigenvalue weighted by molar-refractivity contribution is 5.94. The average Bonchev–Trinajstić information content (AvgIpc) is 3.28. The molecule has 0 bridgehead atoms. The summed E-state index contributed by atoms with van der Waals surface area (Å²) in [7, 11) is 0. The van der Waals surface area contributed by atoms with Crippen molar-refractivity contribution >= 4 is 22.4 Å². The predicted octanol–water partition coefficient (Wildman–Crippen LogP) is 3.21. The summed E-state index contributed by atoms with van der Waals surface area (Å²) in [5, 5.41) is 16.5. The van der Waals surface area contributed by atoms with Crippen molar-refractivity contribution in [1.82, 2.24) is 5.32 Å². The van der Waals surface area contributed by atoms with Crippen molar-refractivity contribution in [3.63, 3.8) is 0 Å². The van der Waals surface area contributed by atoms with E-state index in [2.05, 4.69) is 41.7 Å². The molecule has 0 aliphatic carbocycles. The van der Waals surface area contributed by atoms with E-state index >= 15 is 0 Å². The van der Waals surface area contributed by atoms with Crippen LogP contribution in [0, 0.1) is 17.0 Å². The van der Waals surface area contributed by atoms with E-state index in [0.717, 1.165) is 13.1 Å². The summed E-state index contributed by atoms with van der Waals surface area (Å²) in [6, 6.07) is 19.4. The van der Waals surface area contributed by atoms with Crippen LogP contribution in [0.25, 0.3) is 10.8 Å². The molecule has 1 amide bonds. The Balaban J connectivity index is 1.58. The Morgan fingerprint density at radius 1 is 1.10 bits per heavy atom. The summed E-state index contributed by atoms with van der Waals surface area (Å²) in [6.45, 7) is 4.38. The highest BCUT2D eigenvalue weighted by Gasteiger charge is 2.29. The number of carbonyl (C=O) groups is 1. The number of amides is 1. The second kappa shape index (κ2) is 8.63. The molecule has 3 aromatic rings. The molecule has 0 radical (unpaired) electrons. The van der Waals surface area contributed by atoms with Gasteiger partial charge in [0.2, 0.25) is 0 Å². The first-order chi connectivity index (χ1) is 14.5. The monoisotopic (exact) mass is 404 g/mol. The number of carbonyl (C=O) groups excluding carboxylic acids is 1. The van der Waals surface area contributed by atoms with Crippen molar-refractivity contribution in [2.75, 3.05) is 19.6 Å². The van der Waals surface area contributed by atoms with Crippen molar-refractivity contribution in [3.05, 3.63) is 87.5 Å². The predicted molar refractivity (Wildman–Crippen MR) is 117 cm³/mol. The molecule has 1 atom stereocenters. The molecule has 154 valence electrons. The molecule has 0 saturated carbocycles. The zero-order valence-electron chi connectivity index (χ0n) is 17.1. The number of nitrogens with one attached hydrogen (secondary N) is 2. The summed E-state index contributed by atoms with van der Waals surface area (Å²) in [4.78, 5) is 24.9. The molecule has 3 aromatic carbocycles. The van der Waals surface area contributed by atoms with E-state index in [1.54, 1.807) is 13.0 Å². The number of nitro benzene ring substituents is 1.